The van der Waals surface area contributed by atoms with Crippen molar-refractivity contribution in [2.45, 2.75) is 25.6 Å². The van der Waals surface area contributed by atoms with Gasteiger partial charge in [-0.2, -0.15) is 0 Å². The summed E-state index contributed by atoms with van der Waals surface area (Å²) in [6.07, 6.45) is 6.42. The summed E-state index contributed by atoms with van der Waals surface area (Å²) in [6, 6.07) is 0. The van der Waals surface area contributed by atoms with Crippen LogP contribution in [0, 0.1) is 18.3 Å². The molecule has 0 aromatic rings. The van der Waals surface area contributed by atoms with Crippen LogP contribution in [0.2, 0.25) is 0 Å². The number of aliphatic hydroxyl groups excluding tert-OH is 1. The number of rotatable bonds is 5. The molecule has 68 valence electrons. The van der Waals surface area contributed by atoms with Crippen LogP contribution in [-0.4, -0.2) is 17.3 Å². The highest BCUT2D eigenvalue weighted by Gasteiger charge is 2.21. The van der Waals surface area contributed by atoms with Gasteiger partial charge in [0.2, 0.25) is 0 Å². The van der Waals surface area contributed by atoms with E-state index in [0.717, 1.165) is 0 Å². The van der Waals surface area contributed by atoms with Gasteiger partial charge in [0.1, 0.15) is 0 Å². The summed E-state index contributed by atoms with van der Waals surface area (Å²) in [5, 5.41) is 9.38. The second kappa shape index (κ2) is 6.20. The Morgan fingerprint density at radius 2 is 2.42 bits per heavy atom. The minimum atomic E-state index is -0.566. The van der Waals surface area contributed by atoms with Gasteiger partial charge < -0.3 is 9.63 Å². The highest BCUT2D eigenvalue weighted by Crippen LogP contribution is 2.17. The maximum atomic E-state index is 9.38. The molecule has 2 nitrogen and oxygen atoms in total. The Bertz CT molecular complexity index is 174. The fourth-order valence-corrected chi connectivity index (χ4v) is 1.25. The topological polar surface area (TPSA) is 29.5 Å². The second-order valence-corrected chi connectivity index (χ2v) is 2.94. The fraction of sp³-hybridized carbons (Fsp3) is 0.556. The summed E-state index contributed by atoms with van der Waals surface area (Å²) < 4.78 is 5.04. The molecule has 0 aliphatic rings. The molecular formula is C9H15O2P. The zero-order valence-corrected chi connectivity index (χ0v) is 8.39. The van der Waals surface area contributed by atoms with Crippen molar-refractivity contribution in [1.82, 2.24) is 0 Å². The van der Waals surface area contributed by atoms with Crippen LogP contribution in [0.1, 0.15) is 13.3 Å². The Morgan fingerprint density at radius 1 is 1.83 bits per heavy atom. The van der Waals surface area contributed by atoms with Gasteiger partial charge >= 0.3 is 0 Å². The Hall–Kier alpha value is -0.350. The van der Waals surface area contributed by atoms with Crippen molar-refractivity contribution < 1.29 is 9.63 Å². The van der Waals surface area contributed by atoms with Gasteiger partial charge in [0.25, 0.3) is 0 Å². The van der Waals surface area contributed by atoms with E-state index in [4.69, 9.17) is 10.9 Å². The first-order valence-corrected chi connectivity index (χ1v) is 4.24. The number of terminal acetylenes is 1. The molecule has 0 aliphatic heterocycles. The predicted molar refractivity (Wildman–Crippen MR) is 53.4 cm³/mol. The van der Waals surface area contributed by atoms with E-state index in [1.165, 1.54) is 6.08 Å². The molecule has 0 saturated heterocycles. The zero-order chi connectivity index (χ0) is 9.56. The molecule has 3 heteroatoms. The van der Waals surface area contributed by atoms with E-state index in [9.17, 15) is 5.11 Å². The molecule has 12 heavy (non-hydrogen) atoms. The smallest absolute Gasteiger partial charge is 0.0773 e. The van der Waals surface area contributed by atoms with Gasteiger partial charge in [-0.15, -0.1) is 18.9 Å². The van der Waals surface area contributed by atoms with Crippen molar-refractivity contribution in [2.24, 2.45) is 5.92 Å². The number of hydrogen-bond acceptors (Lipinski definition) is 2. The predicted octanol–water partition coefficient (Wildman–Crippen LogP) is 1.37. The Balaban J connectivity index is 4.11. The van der Waals surface area contributed by atoms with Crippen molar-refractivity contribution in [1.29, 1.82) is 0 Å². The molecule has 0 fully saturated rings. The highest BCUT2D eigenvalue weighted by atomic mass is 31.0. The lowest BCUT2D eigenvalue weighted by Crippen LogP contribution is -2.28. The first-order valence-electron chi connectivity index (χ1n) is 3.77. The van der Waals surface area contributed by atoms with Crippen LogP contribution in [0.15, 0.2) is 12.7 Å². The van der Waals surface area contributed by atoms with Crippen LogP contribution < -0.4 is 0 Å². The molecule has 0 spiro atoms. The quantitative estimate of drug-likeness (QED) is 0.399. The standard InChI is InChI=1S/C9H15O2P/c1-4-6-9(11-12)7(3)8(10)5-2/h1,5,7-10H,2,6,12H2,3H3. The Morgan fingerprint density at radius 3 is 2.75 bits per heavy atom. The third-order valence-electron chi connectivity index (χ3n) is 1.86. The minimum Gasteiger partial charge on any atom is -0.389 e. The first-order chi connectivity index (χ1) is 5.67. The first kappa shape index (κ1) is 11.6. The van der Waals surface area contributed by atoms with E-state index in [1.54, 1.807) is 0 Å². The molecule has 0 radical (unpaired) electrons. The summed E-state index contributed by atoms with van der Waals surface area (Å²) >= 11 is 0. The normalized spacial score (nSPS) is 17.5. The molecule has 4 unspecified atom stereocenters. The lowest BCUT2D eigenvalue weighted by Gasteiger charge is -2.23. The van der Waals surface area contributed by atoms with Gasteiger partial charge in [-0.3, -0.25) is 0 Å². The highest BCUT2D eigenvalue weighted by molar-refractivity contribution is 7.09. The van der Waals surface area contributed by atoms with Gasteiger partial charge in [0, 0.05) is 21.8 Å². The number of aliphatic hydroxyl groups is 1. The van der Waals surface area contributed by atoms with E-state index < -0.39 is 6.10 Å². The van der Waals surface area contributed by atoms with Crippen molar-refractivity contribution >= 4 is 9.47 Å². The average molecular weight is 186 g/mol. The summed E-state index contributed by atoms with van der Waals surface area (Å²) in [5.74, 6) is 2.46. The van der Waals surface area contributed by atoms with Crippen LogP contribution >= 0.6 is 9.47 Å². The molecule has 0 amide bonds. The van der Waals surface area contributed by atoms with Gasteiger partial charge in [-0.1, -0.05) is 13.0 Å². The van der Waals surface area contributed by atoms with E-state index in [1.807, 2.05) is 6.92 Å². The maximum absolute atomic E-state index is 9.38. The van der Waals surface area contributed by atoms with Gasteiger partial charge in [-0.05, 0) is 0 Å². The van der Waals surface area contributed by atoms with Gasteiger partial charge in [0.05, 0.1) is 12.2 Å². The monoisotopic (exact) mass is 186 g/mol. The molecule has 0 saturated carbocycles. The molecule has 0 aromatic heterocycles. The average Bonchev–Trinajstić information content (AvgIpc) is 2.11. The largest absolute Gasteiger partial charge is 0.389 e. The summed E-state index contributed by atoms with van der Waals surface area (Å²) in [4.78, 5) is 0. The van der Waals surface area contributed by atoms with E-state index >= 15 is 0 Å². The van der Waals surface area contributed by atoms with Crippen LogP contribution in [0.25, 0.3) is 0 Å². The molecule has 1 N–H and O–H groups in total. The summed E-state index contributed by atoms with van der Waals surface area (Å²) in [5.41, 5.74) is 0. The van der Waals surface area contributed by atoms with Crippen LogP contribution in [-0.2, 0) is 4.52 Å². The van der Waals surface area contributed by atoms with Gasteiger partial charge in [-0.25, -0.2) is 0 Å². The van der Waals surface area contributed by atoms with E-state index in [0.29, 0.717) is 6.42 Å². The summed E-state index contributed by atoms with van der Waals surface area (Å²) in [7, 11) is 2.16. The van der Waals surface area contributed by atoms with E-state index in [-0.39, 0.29) is 12.0 Å². The third-order valence-corrected chi connectivity index (χ3v) is 2.21. The van der Waals surface area contributed by atoms with Crippen LogP contribution in [0.5, 0.6) is 0 Å². The Kier molecular flexibility index (Phi) is 6.02. The van der Waals surface area contributed by atoms with Gasteiger partial charge in [0.15, 0.2) is 0 Å². The van der Waals surface area contributed by atoms with Crippen molar-refractivity contribution in [3.8, 4) is 12.3 Å². The van der Waals surface area contributed by atoms with Crippen LogP contribution in [0.4, 0.5) is 0 Å². The second-order valence-electron chi connectivity index (χ2n) is 2.67. The maximum Gasteiger partial charge on any atom is 0.0773 e. The molecule has 4 atom stereocenters. The summed E-state index contributed by atoms with van der Waals surface area (Å²) in [6.45, 7) is 5.37. The minimum absolute atomic E-state index is 0.0314. The fourth-order valence-electron chi connectivity index (χ4n) is 0.909. The zero-order valence-electron chi connectivity index (χ0n) is 7.23. The third kappa shape index (κ3) is 3.36. The molecule has 0 aromatic carbocycles. The SMILES string of the molecule is C#CCC(OP)C(C)C(O)C=C. The van der Waals surface area contributed by atoms with Crippen LogP contribution in [0.3, 0.4) is 0 Å². The van der Waals surface area contributed by atoms with Crippen molar-refractivity contribution in [3.63, 3.8) is 0 Å². The lowest BCUT2D eigenvalue weighted by atomic mass is 9.96. The molecule has 0 bridgehead atoms. The lowest BCUT2D eigenvalue weighted by molar-refractivity contribution is 0.0756. The van der Waals surface area contributed by atoms with Crippen molar-refractivity contribution in [2.75, 3.05) is 0 Å². The molecule has 0 rings (SSSR count). The molecular weight excluding hydrogens is 171 g/mol. The van der Waals surface area contributed by atoms with Crippen molar-refractivity contribution in [3.05, 3.63) is 12.7 Å². The molecule has 0 aliphatic carbocycles. The molecule has 0 heterocycles. The Labute approximate surface area is 76.3 Å². The van der Waals surface area contributed by atoms with E-state index in [2.05, 4.69) is 22.0 Å². The number of hydrogen-bond donors (Lipinski definition) is 1.